The third-order valence-electron chi connectivity index (χ3n) is 5.94. The van der Waals surface area contributed by atoms with Crippen molar-refractivity contribution < 1.29 is 13.2 Å². The molecule has 1 amide bonds. The van der Waals surface area contributed by atoms with Gasteiger partial charge in [-0.3, -0.25) is 4.79 Å². The fourth-order valence-electron chi connectivity index (χ4n) is 3.89. The van der Waals surface area contributed by atoms with Crippen LogP contribution in [0.5, 0.6) is 0 Å². The molecular weight excluding hydrogens is 398 g/mol. The Labute approximate surface area is 179 Å². The van der Waals surface area contributed by atoms with Gasteiger partial charge in [0, 0.05) is 44.8 Å². The smallest absolute Gasteiger partial charge is 0.243 e. The first-order valence-electron chi connectivity index (χ1n) is 10.3. The third-order valence-corrected chi connectivity index (χ3v) is 8.11. The van der Waals surface area contributed by atoms with Crippen molar-refractivity contribution >= 4 is 21.6 Å². The van der Waals surface area contributed by atoms with E-state index in [9.17, 15) is 13.2 Å². The fraction of sp³-hybridized carbons (Fsp3) is 0.435. The Morgan fingerprint density at radius 2 is 1.50 bits per heavy atom. The van der Waals surface area contributed by atoms with E-state index < -0.39 is 10.0 Å². The molecule has 1 fully saturated rings. The van der Waals surface area contributed by atoms with Gasteiger partial charge >= 0.3 is 0 Å². The van der Waals surface area contributed by atoms with Crippen molar-refractivity contribution in [2.45, 2.75) is 39.0 Å². The molecular formula is C23H31N3O3S. The van der Waals surface area contributed by atoms with Crippen LogP contribution in [0, 0.1) is 27.7 Å². The van der Waals surface area contributed by atoms with Crippen molar-refractivity contribution in [3.8, 4) is 0 Å². The van der Waals surface area contributed by atoms with Gasteiger partial charge in [-0.05, 0) is 62.1 Å². The van der Waals surface area contributed by atoms with E-state index in [1.165, 1.54) is 0 Å². The van der Waals surface area contributed by atoms with Crippen molar-refractivity contribution in [3.05, 3.63) is 58.7 Å². The Hall–Kier alpha value is -2.22. The molecule has 162 valence electrons. The van der Waals surface area contributed by atoms with Gasteiger partial charge in [-0.2, -0.15) is 4.31 Å². The number of aryl methyl sites for hydroxylation is 2. The van der Waals surface area contributed by atoms with E-state index in [2.05, 4.69) is 10.2 Å². The minimum absolute atomic E-state index is 0.0299. The number of benzene rings is 2. The SMILES string of the molecule is Cc1cc(C)c(C)c(S(=O)(=O)N2CCN(CCC(=O)Nc3ccccc3)CC2)c1C. The lowest BCUT2D eigenvalue weighted by Crippen LogP contribution is -2.49. The Kier molecular flexibility index (Phi) is 6.95. The second-order valence-corrected chi connectivity index (χ2v) is 9.87. The molecule has 0 unspecified atom stereocenters. The van der Waals surface area contributed by atoms with Crippen LogP contribution in [-0.2, 0) is 14.8 Å². The normalized spacial score (nSPS) is 15.9. The summed E-state index contributed by atoms with van der Waals surface area (Å²) in [5, 5.41) is 2.89. The third kappa shape index (κ3) is 4.91. The van der Waals surface area contributed by atoms with Crippen LogP contribution in [0.3, 0.4) is 0 Å². The molecule has 1 heterocycles. The molecule has 0 aromatic heterocycles. The van der Waals surface area contributed by atoms with E-state index in [1.54, 1.807) is 4.31 Å². The van der Waals surface area contributed by atoms with Gasteiger partial charge in [0.2, 0.25) is 15.9 Å². The number of amides is 1. The summed E-state index contributed by atoms with van der Waals surface area (Å²) in [6.45, 7) is 10.4. The highest BCUT2D eigenvalue weighted by Crippen LogP contribution is 2.29. The van der Waals surface area contributed by atoms with Crippen LogP contribution in [-0.4, -0.2) is 56.3 Å². The molecule has 0 radical (unpaired) electrons. The van der Waals surface area contributed by atoms with Crippen LogP contribution in [0.4, 0.5) is 5.69 Å². The van der Waals surface area contributed by atoms with Gasteiger partial charge in [0.15, 0.2) is 0 Å². The summed E-state index contributed by atoms with van der Waals surface area (Å²) in [4.78, 5) is 14.8. The number of carbonyl (C=O) groups excluding carboxylic acids is 1. The van der Waals surface area contributed by atoms with Crippen molar-refractivity contribution in [3.63, 3.8) is 0 Å². The molecule has 30 heavy (non-hydrogen) atoms. The Bertz CT molecular complexity index is 985. The fourth-order valence-corrected chi connectivity index (χ4v) is 5.89. The highest BCUT2D eigenvalue weighted by Gasteiger charge is 2.31. The largest absolute Gasteiger partial charge is 0.326 e. The molecule has 1 N–H and O–H groups in total. The van der Waals surface area contributed by atoms with Crippen molar-refractivity contribution in [1.29, 1.82) is 0 Å². The van der Waals surface area contributed by atoms with Gasteiger partial charge in [-0.15, -0.1) is 0 Å². The van der Waals surface area contributed by atoms with E-state index in [-0.39, 0.29) is 5.91 Å². The molecule has 3 rings (SSSR count). The number of hydrogen-bond donors (Lipinski definition) is 1. The van der Waals surface area contributed by atoms with Crippen molar-refractivity contribution in [2.24, 2.45) is 0 Å². The maximum Gasteiger partial charge on any atom is 0.243 e. The number of sulfonamides is 1. The molecule has 1 aliphatic heterocycles. The summed E-state index contributed by atoms with van der Waals surface area (Å²) in [7, 11) is -3.54. The average Bonchev–Trinajstić information content (AvgIpc) is 2.72. The first-order chi connectivity index (χ1) is 14.2. The lowest BCUT2D eigenvalue weighted by molar-refractivity contribution is -0.116. The molecule has 2 aromatic rings. The number of nitrogens with zero attached hydrogens (tertiary/aromatic N) is 2. The number of anilines is 1. The van der Waals surface area contributed by atoms with Crippen LogP contribution in [0.1, 0.15) is 28.7 Å². The van der Waals surface area contributed by atoms with Crippen LogP contribution in [0.2, 0.25) is 0 Å². The summed E-state index contributed by atoms with van der Waals surface area (Å²) < 4.78 is 28.3. The molecule has 6 nitrogen and oxygen atoms in total. The van der Waals surface area contributed by atoms with Gasteiger partial charge in [0.1, 0.15) is 0 Å². The van der Waals surface area contributed by atoms with E-state index >= 15 is 0 Å². The molecule has 2 aromatic carbocycles. The van der Waals surface area contributed by atoms with E-state index in [0.717, 1.165) is 27.9 Å². The Balaban J connectivity index is 1.58. The second-order valence-electron chi connectivity index (χ2n) is 8.00. The minimum Gasteiger partial charge on any atom is -0.326 e. The van der Waals surface area contributed by atoms with E-state index in [0.29, 0.717) is 44.0 Å². The topological polar surface area (TPSA) is 69.7 Å². The van der Waals surface area contributed by atoms with Gasteiger partial charge in [-0.1, -0.05) is 24.3 Å². The lowest BCUT2D eigenvalue weighted by Gasteiger charge is -2.34. The monoisotopic (exact) mass is 429 g/mol. The number of para-hydroxylation sites is 1. The zero-order valence-electron chi connectivity index (χ0n) is 18.2. The molecule has 0 aliphatic carbocycles. The molecule has 7 heteroatoms. The van der Waals surface area contributed by atoms with Gasteiger partial charge < -0.3 is 10.2 Å². The predicted octanol–water partition coefficient (Wildman–Crippen LogP) is 3.26. The first-order valence-corrected chi connectivity index (χ1v) is 11.8. The van der Waals surface area contributed by atoms with Crippen LogP contribution >= 0.6 is 0 Å². The summed E-state index contributed by atoms with van der Waals surface area (Å²) in [5.74, 6) is -0.0299. The summed E-state index contributed by atoms with van der Waals surface area (Å²) in [6.07, 6.45) is 0.386. The first kappa shape index (κ1) is 22.5. The summed E-state index contributed by atoms with van der Waals surface area (Å²) in [5.41, 5.74) is 4.45. The van der Waals surface area contributed by atoms with Crippen LogP contribution in [0.15, 0.2) is 41.3 Å². The Morgan fingerprint density at radius 1 is 0.933 bits per heavy atom. The van der Waals surface area contributed by atoms with Gasteiger partial charge in [0.05, 0.1) is 4.90 Å². The Morgan fingerprint density at radius 3 is 2.07 bits per heavy atom. The lowest BCUT2D eigenvalue weighted by atomic mass is 10.0. The standard InChI is InChI=1S/C23H31N3O3S/c1-17-16-18(2)20(4)23(19(17)3)30(28,29)26-14-12-25(13-15-26)11-10-22(27)24-21-8-6-5-7-9-21/h5-9,16H,10-15H2,1-4H3,(H,24,27). The molecule has 0 spiro atoms. The second kappa shape index (κ2) is 9.29. The molecule has 1 saturated heterocycles. The number of hydrogen-bond acceptors (Lipinski definition) is 4. The predicted molar refractivity (Wildman–Crippen MR) is 120 cm³/mol. The maximum atomic E-state index is 13.4. The van der Waals surface area contributed by atoms with E-state index in [1.807, 2.05) is 64.1 Å². The minimum atomic E-state index is -3.54. The number of carbonyl (C=O) groups is 1. The molecule has 0 bridgehead atoms. The quantitative estimate of drug-likeness (QED) is 0.765. The zero-order valence-corrected chi connectivity index (χ0v) is 19.1. The van der Waals surface area contributed by atoms with Crippen LogP contribution in [0.25, 0.3) is 0 Å². The molecule has 0 saturated carbocycles. The highest BCUT2D eigenvalue weighted by molar-refractivity contribution is 7.89. The maximum absolute atomic E-state index is 13.4. The zero-order chi connectivity index (χ0) is 21.9. The number of rotatable bonds is 6. The van der Waals surface area contributed by atoms with E-state index in [4.69, 9.17) is 0 Å². The summed E-state index contributed by atoms with van der Waals surface area (Å²) in [6, 6.07) is 11.4. The van der Waals surface area contributed by atoms with Gasteiger partial charge in [0.25, 0.3) is 0 Å². The van der Waals surface area contributed by atoms with Crippen molar-refractivity contribution in [1.82, 2.24) is 9.21 Å². The molecule has 1 aliphatic rings. The average molecular weight is 430 g/mol. The van der Waals surface area contributed by atoms with Crippen LogP contribution < -0.4 is 5.32 Å². The highest BCUT2D eigenvalue weighted by atomic mass is 32.2. The molecule has 0 atom stereocenters. The number of nitrogens with one attached hydrogen (secondary N) is 1. The number of piperazine rings is 1. The summed E-state index contributed by atoms with van der Waals surface area (Å²) >= 11 is 0. The van der Waals surface area contributed by atoms with Crippen molar-refractivity contribution in [2.75, 3.05) is 38.0 Å². The van der Waals surface area contributed by atoms with Gasteiger partial charge in [-0.25, -0.2) is 8.42 Å².